The van der Waals surface area contributed by atoms with Crippen LogP contribution in [-0.4, -0.2) is 19.5 Å². The third-order valence-electron chi connectivity index (χ3n) is 2.44. The number of aromatic amines is 1. The van der Waals surface area contributed by atoms with E-state index < -0.39 is 0 Å². The summed E-state index contributed by atoms with van der Waals surface area (Å²) in [5.41, 5.74) is 3.02. The van der Waals surface area contributed by atoms with Crippen molar-refractivity contribution in [2.24, 2.45) is 0 Å². The fourth-order valence-corrected chi connectivity index (χ4v) is 1.74. The highest BCUT2D eigenvalue weighted by Gasteiger charge is 2.08. The van der Waals surface area contributed by atoms with Crippen molar-refractivity contribution in [3.63, 3.8) is 0 Å². The average Bonchev–Trinajstić information content (AvgIpc) is 2.70. The van der Waals surface area contributed by atoms with E-state index in [-0.39, 0.29) is 0 Å². The molecule has 15 heavy (non-hydrogen) atoms. The SMILES string of the molecule is CCCn1c(=N)nc(CC)c2[nH]cnc21. The van der Waals surface area contributed by atoms with Crippen molar-refractivity contribution in [1.29, 1.82) is 5.41 Å². The lowest BCUT2D eigenvalue weighted by molar-refractivity contribution is 0.630. The highest BCUT2D eigenvalue weighted by molar-refractivity contribution is 5.72. The average molecular weight is 205 g/mol. The van der Waals surface area contributed by atoms with Crippen molar-refractivity contribution >= 4 is 11.2 Å². The molecule has 0 unspecified atom stereocenters. The number of nitrogens with zero attached hydrogens (tertiary/aromatic N) is 3. The molecule has 80 valence electrons. The predicted octanol–water partition coefficient (Wildman–Crippen LogP) is 1.21. The smallest absolute Gasteiger partial charge is 0.223 e. The molecule has 0 radical (unpaired) electrons. The molecule has 0 saturated carbocycles. The summed E-state index contributed by atoms with van der Waals surface area (Å²) in [6.07, 6.45) is 3.46. The lowest BCUT2D eigenvalue weighted by Gasteiger charge is -2.07. The van der Waals surface area contributed by atoms with Crippen LogP contribution < -0.4 is 5.62 Å². The molecule has 0 spiro atoms. The number of rotatable bonds is 3. The van der Waals surface area contributed by atoms with Gasteiger partial charge in [-0.2, -0.15) is 0 Å². The van der Waals surface area contributed by atoms with Crippen LogP contribution in [0.5, 0.6) is 0 Å². The summed E-state index contributed by atoms with van der Waals surface area (Å²) in [6, 6.07) is 0. The lowest BCUT2D eigenvalue weighted by Crippen LogP contribution is -2.25. The van der Waals surface area contributed by atoms with Gasteiger partial charge in [0.15, 0.2) is 5.65 Å². The summed E-state index contributed by atoms with van der Waals surface area (Å²) in [6.45, 7) is 4.90. The van der Waals surface area contributed by atoms with E-state index in [0.29, 0.717) is 5.62 Å². The summed E-state index contributed by atoms with van der Waals surface area (Å²) >= 11 is 0. The minimum absolute atomic E-state index is 0.299. The minimum Gasteiger partial charge on any atom is -0.342 e. The third kappa shape index (κ3) is 1.54. The number of hydrogen-bond donors (Lipinski definition) is 2. The van der Waals surface area contributed by atoms with E-state index in [1.165, 1.54) is 0 Å². The molecule has 0 fully saturated rings. The van der Waals surface area contributed by atoms with Gasteiger partial charge in [0, 0.05) is 6.54 Å². The van der Waals surface area contributed by atoms with Crippen molar-refractivity contribution in [3.05, 3.63) is 17.6 Å². The highest BCUT2D eigenvalue weighted by Crippen LogP contribution is 2.10. The van der Waals surface area contributed by atoms with Gasteiger partial charge in [0.1, 0.15) is 5.52 Å². The normalized spacial score (nSPS) is 11.1. The van der Waals surface area contributed by atoms with Gasteiger partial charge in [-0.05, 0) is 12.8 Å². The Bertz CT molecular complexity index is 522. The monoisotopic (exact) mass is 205 g/mol. The number of fused-ring (bicyclic) bond motifs is 1. The standard InChI is InChI=1S/C10H15N5/c1-3-5-15-9-8(12-6-13-9)7(4-2)14-10(15)11/h6,11H,3-5H2,1-2H3,(H,12,13). The van der Waals surface area contributed by atoms with Crippen LogP contribution in [0.1, 0.15) is 26.0 Å². The zero-order chi connectivity index (χ0) is 10.8. The second-order valence-electron chi connectivity index (χ2n) is 3.49. The van der Waals surface area contributed by atoms with Gasteiger partial charge < -0.3 is 4.98 Å². The molecule has 0 aliphatic heterocycles. The predicted molar refractivity (Wildman–Crippen MR) is 57.4 cm³/mol. The topological polar surface area (TPSA) is 70.3 Å². The molecule has 5 heteroatoms. The molecule has 2 heterocycles. The number of hydrogen-bond acceptors (Lipinski definition) is 3. The first-order chi connectivity index (χ1) is 7.27. The quantitative estimate of drug-likeness (QED) is 0.790. The van der Waals surface area contributed by atoms with Gasteiger partial charge in [0.05, 0.1) is 12.0 Å². The van der Waals surface area contributed by atoms with Crippen molar-refractivity contribution in [1.82, 2.24) is 19.5 Å². The van der Waals surface area contributed by atoms with Crippen LogP contribution >= 0.6 is 0 Å². The summed E-state index contributed by atoms with van der Waals surface area (Å²) in [5.74, 6) is 0. The first-order valence-corrected chi connectivity index (χ1v) is 5.25. The Labute approximate surface area is 87.7 Å². The van der Waals surface area contributed by atoms with Crippen molar-refractivity contribution < 1.29 is 0 Å². The number of nitrogens with one attached hydrogen (secondary N) is 2. The number of aromatic nitrogens is 4. The molecule has 0 saturated heterocycles. The summed E-state index contributed by atoms with van der Waals surface area (Å²) in [7, 11) is 0. The molecule has 2 aromatic heterocycles. The molecular formula is C10H15N5. The van der Waals surface area contributed by atoms with E-state index in [2.05, 4.69) is 21.9 Å². The van der Waals surface area contributed by atoms with Gasteiger partial charge in [0.2, 0.25) is 5.62 Å². The molecule has 0 aromatic carbocycles. The van der Waals surface area contributed by atoms with Crippen LogP contribution in [0.25, 0.3) is 11.2 Å². The highest BCUT2D eigenvalue weighted by atomic mass is 15.1. The van der Waals surface area contributed by atoms with E-state index >= 15 is 0 Å². The number of H-pyrrole nitrogens is 1. The van der Waals surface area contributed by atoms with Gasteiger partial charge in [0.25, 0.3) is 0 Å². The molecule has 0 aliphatic carbocycles. The van der Waals surface area contributed by atoms with Gasteiger partial charge in [-0.1, -0.05) is 13.8 Å². The third-order valence-corrected chi connectivity index (χ3v) is 2.44. The molecule has 0 bridgehead atoms. The number of aryl methyl sites for hydroxylation is 2. The Hall–Kier alpha value is -1.65. The minimum atomic E-state index is 0.299. The molecule has 0 atom stereocenters. The van der Waals surface area contributed by atoms with E-state index in [1.807, 2.05) is 11.5 Å². The fourth-order valence-electron chi connectivity index (χ4n) is 1.74. The molecular weight excluding hydrogens is 190 g/mol. The summed E-state index contributed by atoms with van der Waals surface area (Å²) in [5, 5.41) is 7.84. The lowest BCUT2D eigenvalue weighted by atomic mass is 10.3. The maximum absolute atomic E-state index is 7.84. The number of imidazole rings is 1. The largest absolute Gasteiger partial charge is 0.342 e. The van der Waals surface area contributed by atoms with Gasteiger partial charge in [-0.25, -0.2) is 9.97 Å². The van der Waals surface area contributed by atoms with E-state index in [0.717, 1.165) is 36.2 Å². The van der Waals surface area contributed by atoms with Crippen LogP contribution in [0.4, 0.5) is 0 Å². The van der Waals surface area contributed by atoms with E-state index in [9.17, 15) is 0 Å². The van der Waals surface area contributed by atoms with Crippen LogP contribution in [0, 0.1) is 5.41 Å². The second-order valence-corrected chi connectivity index (χ2v) is 3.49. The Morgan fingerprint density at radius 1 is 1.47 bits per heavy atom. The Morgan fingerprint density at radius 3 is 2.93 bits per heavy atom. The maximum atomic E-state index is 7.84. The Kier molecular flexibility index (Phi) is 2.53. The van der Waals surface area contributed by atoms with Crippen molar-refractivity contribution in [3.8, 4) is 0 Å². The molecule has 0 amide bonds. The zero-order valence-corrected chi connectivity index (χ0v) is 9.04. The van der Waals surface area contributed by atoms with Gasteiger partial charge >= 0.3 is 0 Å². The maximum Gasteiger partial charge on any atom is 0.223 e. The fraction of sp³-hybridized carbons (Fsp3) is 0.500. The molecule has 2 rings (SSSR count). The first-order valence-electron chi connectivity index (χ1n) is 5.25. The second kappa shape index (κ2) is 3.84. The van der Waals surface area contributed by atoms with Crippen LogP contribution in [0.2, 0.25) is 0 Å². The zero-order valence-electron chi connectivity index (χ0n) is 9.04. The summed E-state index contributed by atoms with van der Waals surface area (Å²) < 4.78 is 1.84. The van der Waals surface area contributed by atoms with Crippen LogP contribution in [-0.2, 0) is 13.0 Å². The van der Waals surface area contributed by atoms with Crippen LogP contribution in [0.3, 0.4) is 0 Å². The van der Waals surface area contributed by atoms with E-state index in [1.54, 1.807) is 6.33 Å². The first kappa shape index (κ1) is 9.89. The molecule has 2 aromatic rings. The van der Waals surface area contributed by atoms with Crippen LogP contribution in [0.15, 0.2) is 6.33 Å². The van der Waals surface area contributed by atoms with Gasteiger partial charge in [-0.3, -0.25) is 9.98 Å². The Morgan fingerprint density at radius 2 is 2.27 bits per heavy atom. The Balaban J connectivity index is 2.75. The summed E-state index contributed by atoms with van der Waals surface area (Å²) in [4.78, 5) is 11.6. The van der Waals surface area contributed by atoms with E-state index in [4.69, 9.17) is 5.41 Å². The molecule has 5 nitrogen and oxygen atoms in total. The van der Waals surface area contributed by atoms with Crippen molar-refractivity contribution in [2.75, 3.05) is 0 Å². The molecule has 0 aliphatic rings. The van der Waals surface area contributed by atoms with Gasteiger partial charge in [-0.15, -0.1) is 0 Å². The van der Waals surface area contributed by atoms with Crippen molar-refractivity contribution in [2.45, 2.75) is 33.2 Å². The molecule has 2 N–H and O–H groups in total.